The summed E-state index contributed by atoms with van der Waals surface area (Å²) in [5.74, 6) is -0.358. The van der Waals surface area contributed by atoms with Crippen LogP contribution in [-0.4, -0.2) is 17.1 Å². The second kappa shape index (κ2) is 6.08. The Balaban J connectivity index is 2.06. The largest absolute Gasteiger partial charge is 0.464 e. The van der Waals surface area contributed by atoms with E-state index in [0.29, 0.717) is 35.7 Å². The molecule has 0 radical (unpaired) electrons. The van der Waals surface area contributed by atoms with Crippen molar-refractivity contribution < 1.29 is 9.53 Å². The van der Waals surface area contributed by atoms with Gasteiger partial charge in [-0.2, -0.15) is 0 Å². The second-order valence-corrected chi connectivity index (χ2v) is 5.92. The molecule has 1 atom stereocenters. The minimum Gasteiger partial charge on any atom is -0.464 e. The summed E-state index contributed by atoms with van der Waals surface area (Å²) in [6.45, 7) is 2.05. The van der Waals surface area contributed by atoms with Crippen LogP contribution in [-0.2, 0) is 16.0 Å². The maximum absolute atomic E-state index is 12.5. The van der Waals surface area contributed by atoms with E-state index in [1.165, 1.54) is 10.6 Å². The number of hydrogen-bond donors (Lipinski definition) is 1. The van der Waals surface area contributed by atoms with Crippen LogP contribution in [0.3, 0.4) is 0 Å². The Morgan fingerprint density at radius 2 is 2.17 bits per heavy atom. The number of halogens is 1. The smallest absolute Gasteiger partial charge is 0.329 e. The summed E-state index contributed by atoms with van der Waals surface area (Å²) in [5.41, 5.74) is 8.56. The Morgan fingerprint density at radius 1 is 1.39 bits per heavy atom. The molecule has 1 aliphatic rings. The molecule has 1 aromatic carbocycles. The quantitative estimate of drug-likeness (QED) is 0.692. The fourth-order valence-electron chi connectivity index (χ4n) is 2.99. The fourth-order valence-corrected chi connectivity index (χ4v) is 3.16. The molecule has 0 fully saturated rings. The lowest BCUT2D eigenvalue weighted by Gasteiger charge is -2.14. The zero-order chi connectivity index (χ0) is 16.6. The maximum atomic E-state index is 12.5. The van der Waals surface area contributed by atoms with Gasteiger partial charge in [0, 0.05) is 28.0 Å². The van der Waals surface area contributed by atoms with Gasteiger partial charge in [-0.15, -0.1) is 0 Å². The molecule has 2 aromatic rings. The van der Waals surface area contributed by atoms with Gasteiger partial charge < -0.3 is 10.5 Å². The number of nitrogens with two attached hydrogens (primary N) is 1. The number of esters is 1. The van der Waals surface area contributed by atoms with E-state index in [0.717, 1.165) is 11.3 Å². The Hall–Kier alpha value is -2.27. The number of fused-ring (bicyclic) bond motifs is 1. The fraction of sp³-hybridized carbons (Fsp3) is 0.294. The first-order valence-electron chi connectivity index (χ1n) is 7.48. The number of aryl methyl sites for hydroxylation is 1. The number of hydrogen-bond acceptors (Lipinski definition) is 4. The van der Waals surface area contributed by atoms with Gasteiger partial charge in [-0.3, -0.25) is 9.36 Å². The first-order valence-corrected chi connectivity index (χ1v) is 7.86. The number of benzene rings is 1. The van der Waals surface area contributed by atoms with Crippen molar-refractivity contribution in [2.75, 3.05) is 12.3 Å². The molecule has 120 valence electrons. The molecular weight excluding hydrogens is 316 g/mol. The monoisotopic (exact) mass is 332 g/mol. The minimum atomic E-state index is -0.539. The first-order chi connectivity index (χ1) is 11.0. The highest BCUT2D eigenvalue weighted by Crippen LogP contribution is 2.32. The average molecular weight is 333 g/mol. The number of carbonyl (C=O) groups excluding carboxylic acids is 1. The molecule has 0 amide bonds. The van der Waals surface area contributed by atoms with Crippen molar-refractivity contribution in [2.24, 2.45) is 0 Å². The Morgan fingerprint density at radius 3 is 2.91 bits per heavy atom. The third-order valence-electron chi connectivity index (χ3n) is 4.02. The normalized spacial score (nSPS) is 16.2. The van der Waals surface area contributed by atoms with Crippen LogP contribution in [0.1, 0.15) is 25.1 Å². The van der Waals surface area contributed by atoms with Gasteiger partial charge in [0.1, 0.15) is 6.04 Å². The van der Waals surface area contributed by atoms with Crippen molar-refractivity contribution in [1.29, 1.82) is 0 Å². The molecule has 0 spiro atoms. The van der Waals surface area contributed by atoms with Crippen molar-refractivity contribution in [1.82, 2.24) is 4.57 Å². The van der Waals surface area contributed by atoms with E-state index in [1.807, 2.05) is 6.07 Å². The number of aromatic nitrogens is 1. The zero-order valence-corrected chi connectivity index (χ0v) is 13.5. The van der Waals surface area contributed by atoms with E-state index >= 15 is 0 Å². The van der Waals surface area contributed by atoms with Gasteiger partial charge >= 0.3 is 5.97 Å². The Bertz CT molecular complexity index is 829. The van der Waals surface area contributed by atoms with E-state index in [-0.39, 0.29) is 11.5 Å². The van der Waals surface area contributed by atoms with Gasteiger partial charge in [0.2, 0.25) is 0 Å². The van der Waals surface area contributed by atoms with E-state index in [2.05, 4.69) is 0 Å². The predicted octanol–water partition coefficient (Wildman–Crippen LogP) is 2.80. The van der Waals surface area contributed by atoms with Crippen LogP contribution in [0.5, 0.6) is 0 Å². The SMILES string of the molecule is CCOC(=O)[C@@H]1CCc2cc(-c3cc(Cl)ccc3N)cc(=O)n21. The highest BCUT2D eigenvalue weighted by molar-refractivity contribution is 6.31. The van der Waals surface area contributed by atoms with Gasteiger partial charge in [-0.05, 0) is 49.6 Å². The number of ether oxygens (including phenoxy) is 1. The van der Waals surface area contributed by atoms with Crippen LogP contribution in [0, 0.1) is 0 Å². The number of rotatable bonds is 3. The molecule has 23 heavy (non-hydrogen) atoms. The molecule has 3 rings (SSSR count). The Kier molecular flexibility index (Phi) is 4.13. The summed E-state index contributed by atoms with van der Waals surface area (Å²) >= 11 is 6.02. The number of nitrogens with zero attached hydrogens (tertiary/aromatic N) is 1. The topological polar surface area (TPSA) is 74.3 Å². The van der Waals surface area contributed by atoms with Gasteiger partial charge in [-0.1, -0.05) is 11.6 Å². The first kappa shape index (κ1) is 15.6. The van der Waals surface area contributed by atoms with Crippen LogP contribution < -0.4 is 11.3 Å². The summed E-state index contributed by atoms with van der Waals surface area (Å²) < 4.78 is 6.57. The average Bonchev–Trinajstić information content (AvgIpc) is 2.94. The summed E-state index contributed by atoms with van der Waals surface area (Å²) in [4.78, 5) is 24.5. The minimum absolute atomic E-state index is 0.229. The molecule has 2 N–H and O–H groups in total. The third-order valence-corrected chi connectivity index (χ3v) is 4.25. The van der Waals surface area contributed by atoms with Gasteiger partial charge in [-0.25, -0.2) is 4.79 Å². The van der Waals surface area contributed by atoms with Crippen molar-refractivity contribution in [3.63, 3.8) is 0 Å². The molecule has 0 unspecified atom stereocenters. The molecule has 0 saturated carbocycles. The molecular formula is C17H17ClN2O3. The number of nitrogen functional groups attached to an aromatic ring is 1. The Labute approximate surface area is 138 Å². The van der Waals surface area contributed by atoms with E-state index in [9.17, 15) is 9.59 Å². The summed E-state index contributed by atoms with van der Waals surface area (Å²) in [7, 11) is 0. The lowest BCUT2D eigenvalue weighted by atomic mass is 10.0. The van der Waals surface area contributed by atoms with E-state index in [1.54, 1.807) is 25.1 Å². The molecule has 0 saturated heterocycles. The van der Waals surface area contributed by atoms with Crippen molar-refractivity contribution >= 4 is 23.3 Å². The predicted molar refractivity (Wildman–Crippen MR) is 89.6 cm³/mol. The van der Waals surface area contributed by atoms with Crippen LogP contribution in [0.4, 0.5) is 5.69 Å². The van der Waals surface area contributed by atoms with E-state index in [4.69, 9.17) is 22.1 Å². The molecule has 1 aromatic heterocycles. The molecule has 0 bridgehead atoms. The zero-order valence-electron chi connectivity index (χ0n) is 12.7. The summed E-state index contributed by atoms with van der Waals surface area (Å²) in [6, 6.07) is 8.00. The maximum Gasteiger partial charge on any atom is 0.329 e. The van der Waals surface area contributed by atoms with Crippen LogP contribution in [0.15, 0.2) is 35.1 Å². The highest BCUT2D eigenvalue weighted by atomic mass is 35.5. The van der Waals surface area contributed by atoms with Crippen molar-refractivity contribution in [3.8, 4) is 11.1 Å². The highest BCUT2D eigenvalue weighted by Gasteiger charge is 2.30. The second-order valence-electron chi connectivity index (χ2n) is 5.48. The van der Waals surface area contributed by atoms with Crippen LogP contribution in [0.2, 0.25) is 5.02 Å². The molecule has 5 nitrogen and oxygen atoms in total. The van der Waals surface area contributed by atoms with Gasteiger partial charge in [0.15, 0.2) is 0 Å². The van der Waals surface area contributed by atoms with Gasteiger partial charge in [0.05, 0.1) is 6.61 Å². The number of anilines is 1. The van der Waals surface area contributed by atoms with Crippen LogP contribution in [0.25, 0.3) is 11.1 Å². The van der Waals surface area contributed by atoms with Crippen molar-refractivity contribution in [3.05, 3.63) is 51.4 Å². The van der Waals surface area contributed by atoms with Gasteiger partial charge in [0.25, 0.3) is 5.56 Å². The molecule has 0 aliphatic carbocycles. The molecule has 1 aliphatic heterocycles. The summed E-state index contributed by atoms with van der Waals surface area (Å²) in [6.07, 6.45) is 1.22. The lowest BCUT2D eigenvalue weighted by Crippen LogP contribution is -2.28. The number of pyridine rings is 1. The standard InChI is InChI=1S/C17H17ClN2O3/c1-2-23-17(22)15-6-4-12-7-10(8-16(21)20(12)15)13-9-11(18)3-5-14(13)19/h3,5,7-9,15H,2,4,6,19H2,1H3/t15-/m0/s1. The molecule has 2 heterocycles. The van der Waals surface area contributed by atoms with E-state index < -0.39 is 6.04 Å². The third kappa shape index (κ3) is 2.84. The number of carbonyl (C=O) groups is 1. The van der Waals surface area contributed by atoms with Crippen molar-refractivity contribution in [2.45, 2.75) is 25.8 Å². The van der Waals surface area contributed by atoms with Crippen LogP contribution >= 0.6 is 11.6 Å². The lowest BCUT2D eigenvalue weighted by molar-refractivity contribution is -0.147. The molecule has 6 heteroatoms. The summed E-state index contributed by atoms with van der Waals surface area (Å²) in [5, 5.41) is 0.555.